The second-order valence-corrected chi connectivity index (χ2v) is 9.13. The molecule has 3 aliphatic rings. The summed E-state index contributed by atoms with van der Waals surface area (Å²) >= 11 is 6.37. The molecule has 1 saturated heterocycles. The molecule has 5 rings (SSSR count). The van der Waals surface area contributed by atoms with Crippen LogP contribution in [0.3, 0.4) is 0 Å². The lowest BCUT2D eigenvalue weighted by Crippen LogP contribution is -2.35. The van der Waals surface area contributed by atoms with Crippen LogP contribution >= 0.6 is 11.6 Å². The van der Waals surface area contributed by atoms with Gasteiger partial charge in [0, 0.05) is 19.0 Å². The lowest BCUT2D eigenvalue weighted by Gasteiger charge is -2.30. The van der Waals surface area contributed by atoms with E-state index in [-0.39, 0.29) is 28.0 Å². The fraction of sp³-hybridized carbons (Fsp3) is 0.300. The number of anilines is 1. The summed E-state index contributed by atoms with van der Waals surface area (Å²) in [4.78, 5) is 14.6. The quantitative estimate of drug-likeness (QED) is 0.509. The van der Waals surface area contributed by atoms with Gasteiger partial charge in [0.2, 0.25) is 6.79 Å². The number of benzene rings is 2. The minimum atomic E-state index is -3.94. The molecular weight excluding hydrogens is 432 g/mol. The normalized spacial score (nSPS) is 18.7. The molecule has 0 N–H and O–H groups in total. The molecule has 0 spiro atoms. The van der Waals surface area contributed by atoms with Crippen LogP contribution in [-0.2, 0) is 10.0 Å². The fourth-order valence-electron chi connectivity index (χ4n) is 3.76. The zero-order valence-electron chi connectivity index (χ0n) is 15.8. The summed E-state index contributed by atoms with van der Waals surface area (Å²) < 4.78 is 45.4. The Morgan fingerprint density at radius 3 is 2.80 bits per heavy atom. The predicted molar refractivity (Wildman–Crippen MR) is 109 cm³/mol. The first-order valence-electron chi connectivity index (χ1n) is 9.49. The van der Waals surface area contributed by atoms with E-state index >= 15 is 0 Å². The Labute approximate surface area is 178 Å². The van der Waals surface area contributed by atoms with E-state index < -0.39 is 16.0 Å². The van der Waals surface area contributed by atoms with Gasteiger partial charge >= 0.3 is 5.97 Å². The van der Waals surface area contributed by atoms with Gasteiger partial charge in [-0.3, -0.25) is 0 Å². The standard InChI is InChI=1S/C20H17ClN2O6S/c21-14-10-15-18(30(25,26)22-19-4-2-1-3-7-23(15)19)9-13(14)20(24)29-12-5-6-16-17(8-12)28-11-27-16/h5-6,8-10H,1-4,7,11H2. The van der Waals surface area contributed by atoms with Crippen LogP contribution in [0.4, 0.5) is 5.69 Å². The Hall–Kier alpha value is -2.78. The third kappa shape index (κ3) is 3.27. The zero-order valence-corrected chi connectivity index (χ0v) is 17.3. The van der Waals surface area contributed by atoms with Gasteiger partial charge in [-0.25, -0.2) is 4.79 Å². The lowest BCUT2D eigenvalue weighted by molar-refractivity contribution is 0.0734. The number of esters is 1. The predicted octanol–water partition coefficient (Wildman–Crippen LogP) is 3.77. The summed E-state index contributed by atoms with van der Waals surface area (Å²) in [6.07, 6.45) is 3.39. The maximum absolute atomic E-state index is 12.8. The smallest absolute Gasteiger partial charge is 0.345 e. The van der Waals surface area contributed by atoms with Gasteiger partial charge in [-0.15, -0.1) is 4.40 Å². The highest BCUT2D eigenvalue weighted by Crippen LogP contribution is 2.39. The Balaban J connectivity index is 1.50. The molecule has 2 aromatic carbocycles. The van der Waals surface area contributed by atoms with Crippen molar-refractivity contribution in [3.05, 3.63) is 40.9 Å². The van der Waals surface area contributed by atoms with Crippen molar-refractivity contribution in [2.24, 2.45) is 4.40 Å². The van der Waals surface area contributed by atoms with E-state index in [1.165, 1.54) is 18.2 Å². The molecule has 30 heavy (non-hydrogen) atoms. The van der Waals surface area contributed by atoms with E-state index in [1.807, 2.05) is 4.90 Å². The molecule has 0 saturated carbocycles. The number of ether oxygens (including phenoxy) is 3. The molecule has 0 aromatic heterocycles. The molecule has 10 heteroatoms. The van der Waals surface area contributed by atoms with Gasteiger partial charge in [-0.1, -0.05) is 18.0 Å². The molecule has 2 aromatic rings. The summed E-state index contributed by atoms with van der Waals surface area (Å²) in [7, 11) is -3.94. The highest BCUT2D eigenvalue weighted by Gasteiger charge is 2.33. The van der Waals surface area contributed by atoms with Crippen molar-refractivity contribution < 1.29 is 27.4 Å². The average molecular weight is 449 g/mol. The van der Waals surface area contributed by atoms with E-state index in [9.17, 15) is 13.2 Å². The van der Waals surface area contributed by atoms with Crippen LogP contribution in [0.1, 0.15) is 36.0 Å². The maximum Gasteiger partial charge on any atom is 0.345 e. The summed E-state index contributed by atoms with van der Waals surface area (Å²) in [6, 6.07) is 7.46. The zero-order chi connectivity index (χ0) is 20.9. The van der Waals surface area contributed by atoms with Gasteiger partial charge in [0.25, 0.3) is 10.0 Å². The van der Waals surface area contributed by atoms with Crippen molar-refractivity contribution in [3.63, 3.8) is 0 Å². The van der Waals surface area contributed by atoms with E-state index in [1.54, 1.807) is 12.1 Å². The van der Waals surface area contributed by atoms with Gasteiger partial charge in [0.05, 0.1) is 16.3 Å². The van der Waals surface area contributed by atoms with Crippen molar-refractivity contribution in [1.82, 2.24) is 0 Å². The molecule has 0 amide bonds. The molecule has 3 heterocycles. The molecule has 3 aliphatic heterocycles. The van der Waals surface area contributed by atoms with E-state index in [2.05, 4.69) is 4.40 Å². The minimum absolute atomic E-state index is 0.0461. The van der Waals surface area contributed by atoms with Gasteiger partial charge in [0.1, 0.15) is 16.5 Å². The van der Waals surface area contributed by atoms with Crippen molar-refractivity contribution in [1.29, 1.82) is 0 Å². The number of carbonyl (C=O) groups excluding carboxylic acids is 1. The van der Waals surface area contributed by atoms with Crippen LogP contribution in [-0.4, -0.2) is 33.6 Å². The number of sulfonamides is 1. The van der Waals surface area contributed by atoms with Gasteiger partial charge in [-0.2, -0.15) is 8.42 Å². The van der Waals surface area contributed by atoms with Crippen molar-refractivity contribution in [2.45, 2.75) is 30.6 Å². The monoisotopic (exact) mass is 448 g/mol. The number of fused-ring (bicyclic) bond motifs is 4. The van der Waals surface area contributed by atoms with Crippen LogP contribution in [0.15, 0.2) is 39.6 Å². The summed E-state index contributed by atoms with van der Waals surface area (Å²) in [5.74, 6) is 0.990. The Bertz CT molecular complexity index is 1190. The first kappa shape index (κ1) is 19.2. The van der Waals surface area contributed by atoms with E-state index in [4.69, 9.17) is 25.8 Å². The maximum atomic E-state index is 12.8. The Kier molecular flexibility index (Phi) is 4.59. The van der Waals surface area contributed by atoms with Crippen LogP contribution < -0.4 is 19.1 Å². The number of rotatable bonds is 2. The molecule has 0 bridgehead atoms. The number of carbonyl (C=O) groups is 1. The van der Waals surface area contributed by atoms with Crippen molar-refractivity contribution in [3.8, 4) is 17.2 Å². The highest BCUT2D eigenvalue weighted by molar-refractivity contribution is 7.90. The summed E-state index contributed by atoms with van der Waals surface area (Å²) in [5.41, 5.74) is 0.400. The molecule has 0 aliphatic carbocycles. The van der Waals surface area contributed by atoms with Crippen LogP contribution in [0.5, 0.6) is 17.2 Å². The van der Waals surface area contributed by atoms with Crippen molar-refractivity contribution >= 4 is 39.1 Å². The first-order valence-corrected chi connectivity index (χ1v) is 11.3. The highest BCUT2D eigenvalue weighted by atomic mass is 35.5. The number of hydrogen-bond donors (Lipinski definition) is 0. The van der Waals surface area contributed by atoms with Crippen molar-refractivity contribution in [2.75, 3.05) is 18.2 Å². The number of nitrogens with zero attached hydrogens (tertiary/aromatic N) is 2. The first-order chi connectivity index (χ1) is 14.4. The van der Waals surface area contributed by atoms with Gasteiger partial charge in [0.15, 0.2) is 11.5 Å². The molecule has 0 unspecified atom stereocenters. The van der Waals surface area contributed by atoms with E-state index in [0.717, 1.165) is 19.3 Å². The van der Waals surface area contributed by atoms with E-state index in [0.29, 0.717) is 36.0 Å². The third-order valence-electron chi connectivity index (χ3n) is 5.21. The van der Waals surface area contributed by atoms with Gasteiger partial charge < -0.3 is 19.1 Å². The largest absolute Gasteiger partial charge is 0.454 e. The SMILES string of the molecule is O=C(Oc1ccc2c(c1)OCO2)c1cc2c(cc1Cl)N1CCCCCC1=NS2(=O)=O. The third-order valence-corrected chi connectivity index (χ3v) is 6.86. The van der Waals surface area contributed by atoms with Crippen LogP contribution in [0, 0.1) is 0 Å². The minimum Gasteiger partial charge on any atom is -0.454 e. The molecule has 1 fully saturated rings. The second kappa shape index (κ2) is 7.17. The van der Waals surface area contributed by atoms with Crippen LogP contribution in [0.25, 0.3) is 0 Å². The molecule has 0 atom stereocenters. The summed E-state index contributed by atoms with van der Waals surface area (Å²) in [6.45, 7) is 0.749. The lowest BCUT2D eigenvalue weighted by atomic mass is 10.1. The topological polar surface area (TPSA) is 94.5 Å². The number of hydrogen-bond acceptors (Lipinski definition) is 7. The van der Waals surface area contributed by atoms with Crippen LogP contribution in [0.2, 0.25) is 5.02 Å². The fourth-order valence-corrected chi connectivity index (χ4v) is 5.26. The average Bonchev–Trinajstić information content (AvgIpc) is 3.04. The van der Waals surface area contributed by atoms with Gasteiger partial charge in [-0.05, 0) is 37.1 Å². The molecule has 0 radical (unpaired) electrons. The Morgan fingerprint density at radius 2 is 1.93 bits per heavy atom. The molecular formula is C20H17ClN2O6S. The Morgan fingerprint density at radius 1 is 1.10 bits per heavy atom. The second-order valence-electron chi connectivity index (χ2n) is 7.15. The molecule has 156 valence electrons. The number of halogens is 1. The number of amidine groups is 1. The summed E-state index contributed by atoms with van der Waals surface area (Å²) in [5, 5.41) is 0.111. The molecule has 8 nitrogen and oxygen atoms in total.